The summed E-state index contributed by atoms with van der Waals surface area (Å²) < 4.78 is 0.874. The molecule has 0 bridgehead atoms. The number of thiazole rings is 1. The maximum Gasteiger partial charge on any atom is 0.248 e. The first kappa shape index (κ1) is 15.5. The van der Waals surface area contributed by atoms with Crippen molar-refractivity contribution in [3.63, 3.8) is 0 Å². The third-order valence-electron chi connectivity index (χ3n) is 2.68. The summed E-state index contributed by atoms with van der Waals surface area (Å²) in [6, 6.07) is 6.48. The zero-order chi connectivity index (χ0) is 15.4. The number of carbonyl (C=O) groups is 2. The Morgan fingerprint density at radius 1 is 1.33 bits per heavy atom. The number of nitrogens with two attached hydrogens (primary N) is 1. The van der Waals surface area contributed by atoms with Crippen molar-refractivity contribution in [2.24, 2.45) is 5.73 Å². The number of hydrogen-bond acceptors (Lipinski definition) is 5. The number of hydrogen-bond donors (Lipinski definition) is 2. The van der Waals surface area contributed by atoms with E-state index in [0.717, 1.165) is 10.0 Å². The van der Waals surface area contributed by atoms with Gasteiger partial charge < -0.3 is 11.1 Å². The average molecular weight is 321 g/mol. The molecule has 1 heterocycles. The summed E-state index contributed by atoms with van der Waals surface area (Å²) in [7, 11) is 0. The second-order valence-electron chi connectivity index (χ2n) is 4.45. The van der Waals surface area contributed by atoms with Crippen LogP contribution in [-0.2, 0) is 4.79 Å². The molecule has 0 aliphatic carbocycles. The Morgan fingerprint density at radius 2 is 2.00 bits per heavy atom. The summed E-state index contributed by atoms with van der Waals surface area (Å²) >= 11 is 2.95. The molecule has 21 heavy (non-hydrogen) atoms. The first-order chi connectivity index (χ1) is 9.95. The first-order valence-corrected chi connectivity index (χ1v) is 8.01. The van der Waals surface area contributed by atoms with E-state index < -0.39 is 5.91 Å². The second kappa shape index (κ2) is 6.73. The van der Waals surface area contributed by atoms with Crippen molar-refractivity contribution < 1.29 is 9.59 Å². The molecule has 0 fully saturated rings. The molecule has 2 rings (SSSR count). The van der Waals surface area contributed by atoms with Crippen LogP contribution in [0.15, 0.2) is 34.0 Å². The van der Waals surface area contributed by atoms with Crippen LogP contribution >= 0.6 is 23.1 Å². The third-order valence-corrected chi connectivity index (χ3v) is 4.87. The van der Waals surface area contributed by atoms with Crippen LogP contribution in [0.2, 0.25) is 0 Å². The summed E-state index contributed by atoms with van der Waals surface area (Å²) in [5, 5.41) is 4.50. The minimum Gasteiger partial charge on any atom is -0.366 e. The number of amides is 2. The lowest BCUT2D eigenvalue weighted by Crippen LogP contribution is -2.22. The highest BCUT2D eigenvalue weighted by molar-refractivity contribution is 8.02. The molecule has 1 aromatic heterocycles. The molecule has 7 heteroatoms. The van der Waals surface area contributed by atoms with Gasteiger partial charge in [-0.2, -0.15) is 0 Å². The maximum atomic E-state index is 12.1. The van der Waals surface area contributed by atoms with Crippen LogP contribution in [0.25, 0.3) is 0 Å². The summed E-state index contributed by atoms with van der Waals surface area (Å²) in [6.45, 7) is 3.75. The number of primary amides is 1. The smallest absolute Gasteiger partial charge is 0.248 e. The van der Waals surface area contributed by atoms with Gasteiger partial charge in [0.15, 0.2) is 4.34 Å². The van der Waals surface area contributed by atoms with E-state index in [1.807, 2.05) is 19.2 Å². The number of aromatic nitrogens is 1. The minimum atomic E-state index is -0.490. The number of rotatable bonds is 5. The standard InChI is InChI=1S/C14H15N3O2S2/c1-8-7-20-14(16-8)21-9(2)13(19)17-11-5-3-10(4-6-11)12(15)18/h3-7,9H,1-2H3,(H2,15,18)(H,17,19)/t9-/m1/s1. The number of benzene rings is 1. The Morgan fingerprint density at radius 3 is 2.52 bits per heavy atom. The van der Waals surface area contributed by atoms with Crippen molar-refractivity contribution in [3.8, 4) is 0 Å². The van der Waals surface area contributed by atoms with Crippen molar-refractivity contribution in [2.45, 2.75) is 23.4 Å². The SMILES string of the molecule is Cc1csc(S[C@H](C)C(=O)Nc2ccc(C(N)=O)cc2)n1. The monoisotopic (exact) mass is 321 g/mol. The highest BCUT2D eigenvalue weighted by atomic mass is 32.2. The van der Waals surface area contributed by atoms with Gasteiger partial charge in [0.25, 0.3) is 0 Å². The average Bonchev–Trinajstić information content (AvgIpc) is 2.84. The fourth-order valence-corrected chi connectivity index (χ4v) is 3.54. The molecule has 5 nitrogen and oxygen atoms in total. The Hall–Kier alpha value is -1.86. The molecule has 110 valence electrons. The highest BCUT2D eigenvalue weighted by Crippen LogP contribution is 2.27. The van der Waals surface area contributed by atoms with Gasteiger partial charge in [-0.1, -0.05) is 11.8 Å². The van der Waals surface area contributed by atoms with Crippen LogP contribution in [0.3, 0.4) is 0 Å². The third kappa shape index (κ3) is 4.30. The maximum absolute atomic E-state index is 12.1. The van der Waals surface area contributed by atoms with Gasteiger partial charge in [0.1, 0.15) is 0 Å². The van der Waals surface area contributed by atoms with Crippen molar-refractivity contribution in [3.05, 3.63) is 40.9 Å². The largest absolute Gasteiger partial charge is 0.366 e. The van der Waals surface area contributed by atoms with Crippen molar-refractivity contribution in [1.29, 1.82) is 0 Å². The van der Waals surface area contributed by atoms with Gasteiger partial charge in [0.05, 0.1) is 5.25 Å². The summed E-state index contributed by atoms with van der Waals surface area (Å²) in [5.41, 5.74) is 7.16. The van der Waals surface area contributed by atoms with E-state index in [1.54, 1.807) is 24.3 Å². The lowest BCUT2D eigenvalue weighted by Gasteiger charge is -2.10. The molecular formula is C14H15N3O2S2. The fraction of sp³-hybridized carbons (Fsp3) is 0.214. The van der Waals surface area contributed by atoms with Crippen LogP contribution in [0.5, 0.6) is 0 Å². The van der Waals surface area contributed by atoms with Gasteiger partial charge in [-0.05, 0) is 38.1 Å². The van der Waals surface area contributed by atoms with Gasteiger partial charge in [-0.3, -0.25) is 9.59 Å². The molecule has 1 atom stereocenters. The molecule has 0 saturated heterocycles. The predicted octanol–water partition coefficient (Wildman–Crippen LogP) is 2.67. The Kier molecular flexibility index (Phi) is 4.98. The van der Waals surface area contributed by atoms with E-state index in [1.165, 1.54) is 23.1 Å². The number of carbonyl (C=O) groups excluding carboxylic acids is 2. The second-order valence-corrected chi connectivity index (χ2v) is 6.89. The molecule has 0 aliphatic rings. The summed E-state index contributed by atoms with van der Waals surface area (Å²) in [6.07, 6.45) is 0. The Labute approximate surface area is 131 Å². The quantitative estimate of drug-likeness (QED) is 0.829. The minimum absolute atomic E-state index is 0.111. The first-order valence-electron chi connectivity index (χ1n) is 6.25. The summed E-state index contributed by atoms with van der Waals surface area (Å²) in [5.74, 6) is -0.601. The Balaban J connectivity index is 1.95. The van der Waals surface area contributed by atoms with Gasteiger partial charge >= 0.3 is 0 Å². The van der Waals surface area contributed by atoms with Crippen LogP contribution in [0.4, 0.5) is 5.69 Å². The molecule has 0 radical (unpaired) electrons. The molecule has 0 saturated carbocycles. The normalized spacial score (nSPS) is 11.9. The summed E-state index contributed by atoms with van der Waals surface area (Å²) in [4.78, 5) is 27.4. The van der Waals surface area contributed by atoms with E-state index in [2.05, 4.69) is 10.3 Å². The number of anilines is 1. The van der Waals surface area contributed by atoms with E-state index in [-0.39, 0.29) is 11.2 Å². The molecule has 1 aromatic carbocycles. The molecule has 3 N–H and O–H groups in total. The van der Waals surface area contributed by atoms with Gasteiger partial charge in [0.2, 0.25) is 11.8 Å². The molecule has 2 amide bonds. The molecular weight excluding hydrogens is 306 g/mol. The molecule has 0 aliphatic heterocycles. The molecule has 0 spiro atoms. The van der Waals surface area contributed by atoms with Crippen LogP contribution in [0.1, 0.15) is 23.0 Å². The van der Waals surface area contributed by atoms with E-state index in [9.17, 15) is 9.59 Å². The van der Waals surface area contributed by atoms with Gasteiger partial charge in [-0.25, -0.2) is 4.98 Å². The zero-order valence-electron chi connectivity index (χ0n) is 11.6. The number of aryl methyl sites for hydroxylation is 1. The lowest BCUT2D eigenvalue weighted by molar-refractivity contribution is -0.115. The molecule has 0 unspecified atom stereocenters. The Bertz CT molecular complexity index is 652. The topological polar surface area (TPSA) is 85.1 Å². The van der Waals surface area contributed by atoms with E-state index >= 15 is 0 Å². The fourth-order valence-electron chi connectivity index (χ4n) is 1.55. The van der Waals surface area contributed by atoms with E-state index in [0.29, 0.717) is 11.3 Å². The van der Waals surface area contributed by atoms with Crippen LogP contribution in [0, 0.1) is 6.92 Å². The number of nitrogens with zero attached hydrogens (tertiary/aromatic N) is 1. The van der Waals surface area contributed by atoms with Crippen LogP contribution < -0.4 is 11.1 Å². The van der Waals surface area contributed by atoms with Crippen LogP contribution in [-0.4, -0.2) is 22.0 Å². The zero-order valence-corrected chi connectivity index (χ0v) is 13.3. The number of nitrogens with one attached hydrogen (secondary N) is 1. The van der Waals surface area contributed by atoms with Crippen molar-refractivity contribution in [1.82, 2.24) is 4.98 Å². The molecule has 2 aromatic rings. The van der Waals surface area contributed by atoms with Crippen molar-refractivity contribution in [2.75, 3.05) is 5.32 Å². The number of thioether (sulfide) groups is 1. The van der Waals surface area contributed by atoms with Crippen molar-refractivity contribution >= 4 is 40.6 Å². The van der Waals surface area contributed by atoms with Gasteiger partial charge in [-0.15, -0.1) is 11.3 Å². The van der Waals surface area contributed by atoms with Gasteiger partial charge in [0, 0.05) is 22.3 Å². The predicted molar refractivity (Wildman–Crippen MR) is 85.8 cm³/mol. The van der Waals surface area contributed by atoms with E-state index in [4.69, 9.17) is 5.73 Å². The lowest BCUT2D eigenvalue weighted by atomic mass is 10.2. The highest BCUT2D eigenvalue weighted by Gasteiger charge is 2.16.